The molecule has 9 rings (SSSR count). The van der Waals surface area contributed by atoms with Crippen LogP contribution < -0.4 is 0 Å². The molecule has 0 bridgehead atoms. The summed E-state index contributed by atoms with van der Waals surface area (Å²) in [5.41, 5.74) is 8.01. The second-order valence-corrected chi connectivity index (χ2v) is 17.8. The van der Waals surface area contributed by atoms with Gasteiger partial charge in [0.2, 0.25) is 0 Å². The Kier molecular flexibility index (Phi) is 9.37. The zero-order valence-electron chi connectivity index (χ0n) is 35.8. The Hall–Kier alpha value is -4.63. The first-order chi connectivity index (χ1) is 27.0. The number of benzene rings is 5. The molecular weight excluding hydrogens is 849 g/mol. The van der Waals surface area contributed by atoms with Crippen molar-refractivity contribution in [3.05, 3.63) is 144 Å². The molecule has 1 saturated carbocycles. The monoisotopic (exact) mass is 902 g/mol. The Balaban J connectivity index is 0.000000254. The van der Waals surface area contributed by atoms with Crippen LogP contribution in [-0.2, 0) is 25.5 Å². The summed E-state index contributed by atoms with van der Waals surface area (Å²) in [6, 6.07) is 41.8. The average Bonchev–Trinajstić information content (AvgIpc) is 3.53. The molecule has 0 amide bonds. The maximum Gasteiger partial charge on any atom is 0.121 e. The van der Waals surface area contributed by atoms with Gasteiger partial charge in [-0.1, -0.05) is 108 Å². The molecule has 1 fully saturated rings. The number of aromatic nitrogens is 2. The molecule has 0 unspecified atom stereocenters. The third-order valence-corrected chi connectivity index (χ3v) is 11.1. The number of aryl methyl sites for hydroxylation is 1. The molecule has 8 aromatic rings. The normalized spacial score (nSPS) is 16.5. The fourth-order valence-electron chi connectivity index (χ4n) is 9.04. The molecule has 5 aromatic carbocycles. The van der Waals surface area contributed by atoms with Gasteiger partial charge < -0.3 is 14.4 Å². The van der Waals surface area contributed by atoms with Gasteiger partial charge in [0.25, 0.3) is 0 Å². The fraction of sp³-hybridized carbons (Fsp3) is 0.294. The van der Waals surface area contributed by atoms with E-state index < -0.39 is 6.85 Å². The summed E-state index contributed by atoms with van der Waals surface area (Å²) in [7, 11) is 0. The van der Waals surface area contributed by atoms with Crippen LogP contribution in [0.3, 0.4) is 0 Å². The first kappa shape index (κ1) is 34.8. The molecule has 4 heteroatoms. The third kappa shape index (κ3) is 7.91. The van der Waals surface area contributed by atoms with E-state index in [4.69, 9.17) is 13.5 Å². The number of hydrogen-bond acceptors (Lipinski definition) is 3. The van der Waals surface area contributed by atoms with E-state index in [0.717, 1.165) is 69.0 Å². The number of pyridine rings is 2. The van der Waals surface area contributed by atoms with Crippen LogP contribution >= 0.6 is 0 Å². The van der Waals surface area contributed by atoms with Gasteiger partial charge in [-0.3, -0.25) is 0 Å². The molecule has 0 aliphatic heterocycles. The van der Waals surface area contributed by atoms with Crippen molar-refractivity contribution < 1.29 is 28.6 Å². The van der Waals surface area contributed by atoms with Crippen LogP contribution in [0.1, 0.15) is 94.4 Å². The van der Waals surface area contributed by atoms with Crippen LogP contribution in [0.25, 0.3) is 66.0 Å². The molecule has 0 N–H and O–H groups in total. The van der Waals surface area contributed by atoms with Crippen molar-refractivity contribution in [3.8, 4) is 22.5 Å². The number of hydrogen-bond donors (Lipinski definition) is 0. The molecule has 0 spiro atoms. The average molecular weight is 902 g/mol. The van der Waals surface area contributed by atoms with E-state index in [0.29, 0.717) is 11.3 Å². The number of rotatable bonds is 3. The molecule has 3 aromatic heterocycles. The van der Waals surface area contributed by atoms with Crippen LogP contribution in [0.4, 0.5) is 0 Å². The van der Waals surface area contributed by atoms with Gasteiger partial charge in [0, 0.05) is 42.0 Å². The van der Waals surface area contributed by atoms with Crippen LogP contribution in [0.5, 0.6) is 0 Å². The van der Waals surface area contributed by atoms with Gasteiger partial charge in [0.1, 0.15) is 5.58 Å². The van der Waals surface area contributed by atoms with E-state index in [1.165, 1.54) is 21.7 Å². The maximum atomic E-state index is 8.30. The second-order valence-electron chi connectivity index (χ2n) is 17.8. The molecule has 1 aliphatic rings. The minimum Gasteiger partial charge on any atom is -0.501 e. The van der Waals surface area contributed by atoms with E-state index >= 15 is 0 Å². The maximum absolute atomic E-state index is 8.30. The third-order valence-electron chi connectivity index (χ3n) is 11.1. The standard InChI is InChI=1S/C36H34NO.C15H16N.Ir/c1-22-20-37-32(16-29(22)25-18-35(2,3)21-36(4,5)19-25)28-12-8-11-27-31-15-24-14-13-23-9-6-7-10-26(23)30(24)17-33(31)38-34(27)28;1-15(2,3)13-9-10-16-14(11-13)12-7-5-4-6-8-12;/h6-11,13-17,20,25H,18-19,21H2,1-5H3;4-7,9-11H,1-3H3;/q2*-1;/i1D3;;. The number of furan rings is 1. The van der Waals surface area contributed by atoms with Gasteiger partial charge >= 0.3 is 0 Å². The minimum absolute atomic E-state index is 0. The van der Waals surface area contributed by atoms with E-state index in [1.807, 2.05) is 48.7 Å². The zero-order valence-corrected chi connectivity index (χ0v) is 35.2. The van der Waals surface area contributed by atoms with Gasteiger partial charge in [-0.05, 0) is 116 Å². The predicted octanol–water partition coefficient (Wildman–Crippen LogP) is 14.2. The second kappa shape index (κ2) is 14.8. The molecule has 3 heterocycles. The number of fused-ring (bicyclic) bond motifs is 6. The van der Waals surface area contributed by atoms with E-state index in [1.54, 1.807) is 6.20 Å². The van der Waals surface area contributed by atoms with Crippen LogP contribution in [0.2, 0.25) is 0 Å². The Labute approximate surface area is 344 Å². The minimum atomic E-state index is -2.23. The summed E-state index contributed by atoms with van der Waals surface area (Å²) >= 11 is 0. The van der Waals surface area contributed by atoms with Crippen molar-refractivity contribution in [2.75, 3.05) is 0 Å². The Morgan fingerprint density at radius 1 is 0.727 bits per heavy atom. The van der Waals surface area contributed by atoms with Crippen molar-refractivity contribution in [2.45, 2.75) is 85.9 Å². The van der Waals surface area contributed by atoms with Crippen molar-refractivity contribution in [3.63, 3.8) is 0 Å². The molecule has 1 radical (unpaired) electrons. The molecule has 3 nitrogen and oxygen atoms in total. The zero-order chi connectivity index (χ0) is 40.3. The topological polar surface area (TPSA) is 38.9 Å². The smallest absolute Gasteiger partial charge is 0.121 e. The molecule has 55 heavy (non-hydrogen) atoms. The molecule has 281 valence electrons. The Bertz CT molecular complexity index is 2740. The van der Waals surface area contributed by atoms with E-state index in [9.17, 15) is 0 Å². The Morgan fingerprint density at radius 3 is 2.24 bits per heavy atom. The first-order valence-electron chi connectivity index (χ1n) is 20.6. The fourth-order valence-corrected chi connectivity index (χ4v) is 9.04. The van der Waals surface area contributed by atoms with Crippen LogP contribution in [0, 0.1) is 29.8 Å². The van der Waals surface area contributed by atoms with Crippen molar-refractivity contribution in [2.24, 2.45) is 10.8 Å². The number of nitrogens with zero attached hydrogens (tertiary/aromatic N) is 2. The van der Waals surface area contributed by atoms with Gasteiger partial charge in [-0.2, -0.15) is 0 Å². The Morgan fingerprint density at radius 2 is 1.49 bits per heavy atom. The van der Waals surface area contributed by atoms with Crippen molar-refractivity contribution >= 4 is 43.5 Å². The molecular formula is C51H50IrN2O-2. The summed E-state index contributed by atoms with van der Waals surface area (Å²) < 4.78 is 31.5. The SMILES string of the molecule is CC(C)(C)c1ccnc(-c2[c-]cccc2)c1.[2H]C([2H])([2H])c1cnc(-c2[c-]ccc3c2oc2cc4c(ccc5ccccc54)cc23)cc1C1CC(C)(C)CC(C)(C)C1.[Ir]. The van der Waals surface area contributed by atoms with Crippen LogP contribution in [-0.4, -0.2) is 9.97 Å². The largest absolute Gasteiger partial charge is 0.501 e. The summed E-state index contributed by atoms with van der Waals surface area (Å²) in [5.74, 6) is 0.138. The van der Waals surface area contributed by atoms with Gasteiger partial charge in [0.05, 0.1) is 5.58 Å². The van der Waals surface area contributed by atoms with E-state index in [2.05, 4.69) is 126 Å². The summed E-state index contributed by atoms with van der Waals surface area (Å²) in [5, 5.41) is 6.78. The van der Waals surface area contributed by atoms with Gasteiger partial charge in [0.15, 0.2) is 0 Å². The van der Waals surface area contributed by atoms with E-state index in [-0.39, 0.29) is 42.3 Å². The quantitative estimate of drug-likeness (QED) is 0.131. The summed E-state index contributed by atoms with van der Waals surface area (Å²) in [4.78, 5) is 9.10. The first-order valence-corrected chi connectivity index (χ1v) is 19.1. The molecule has 1 aliphatic carbocycles. The van der Waals surface area contributed by atoms with Crippen molar-refractivity contribution in [1.82, 2.24) is 9.97 Å². The van der Waals surface area contributed by atoms with Gasteiger partial charge in [-0.15, -0.1) is 54.1 Å². The van der Waals surface area contributed by atoms with Crippen LogP contribution in [0.15, 0.2) is 120 Å². The molecule has 0 saturated heterocycles. The summed E-state index contributed by atoms with van der Waals surface area (Å²) in [6.07, 6.45) is 6.45. The molecule has 0 atom stereocenters. The predicted molar refractivity (Wildman–Crippen MR) is 227 cm³/mol. The van der Waals surface area contributed by atoms with Gasteiger partial charge in [-0.25, -0.2) is 0 Å². The summed E-state index contributed by atoms with van der Waals surface area (Å²) in [6.45, 7) is 13.6. The van der Waals surface area contributed by atoms with Crippen molar-refractivity contribution in [1.29, 1.82) is 0 Å².